The number of azide groups is 1. The Morgan fingerprint density at radius 2 is 2.00 bits per heavy atom. The van der Waals surface area contributed by atoms with Crippen molar-refractivity contribution in [2.24, 2.45) is 5.11 Å². The van der Waals surface area contributed by atoms with Crippen molar-refractivity contribution in [2.75, 3.05) is 13.1 Å². The summed E-state index contributed by atoms with van der Waals surface area (Å²) in [6, 6.07) is 6.54. The summed E-state index contributed by atoms with van der Waals surface area (Å²) in [4.78, 5) is 28.6. The topological polar surface area (TPSA) is 125 Å². The van der Waals surface area contributed by atoms with Crippen molar-refractivity contribution in [2.45, 2.75) is 70.0 Å². The summed E-state index contributed by atoms with van der Waals surface area (Å²) in [5.41, 5.74) is 10.0. The Balaban J connectivity index is 1.47. The highest BCUT2D eigenvalue weighted by Gasteiger charge is 2.49. The van der Waals surface area contributed by atoms with Crippen LogP contribution in [0, 0.1) is 0 Å². The van der Waals surface area contributed by atoms with Crippen LogP contribution in [0.1, 0.15) is 55.5 Å². The number of hydrogen-bond donors (Lipinski definition) is 1. The summed E-state index contributed by atoms with van der Waals surface area (Å²) in [5, 5.41) is 13.1. The van der Waals surface area contributed by atoms with Gasteiger partial charge in [-0.1, -0.05) is 29.7 Å². The Kier molecular flexibility index (Phi) is 6.97. The molecule has 1 aromatic carbocycles. The maximum Gasteiger partial charge on any atom is 0.335 e. The fraction of sp³-hybridized carbons (Fsp3) is 0.619. The normalized spacial score (nSPS) is 24.7. The van der Waals surface area contributed by atoms with E-state index in [4.69, 9.17) is 15.0 Å². The van der Waals surface area contributed by atoms with Gasteiger partial charge in [-0.25, -0.2) is 4.79 Å². The molecule has 0 aliphatic carbocycles. The Bertz CT molecular complexity index is 836. The molecule has 0 spiro atoms. The second kappa shape index (κ2) is 9.47. The van der Waals surface area contributed by atoms with Crippen molar-refractivity contribution in [1.29, 1.82) is 0 Å². The van der Waals surface area contributed by atoms with Gasteiger partial charge >= 0.3 is 5.97 Å². The molecule has 9 nitrogen and oxygen atoms in total. The molecule has 30 heavy (non-hydrogen) atoms. The highest BCUT2D eigenvalue weighted by molar-refractivity contribution is 5.89. The second-order valence-electron chi connectivity index (χ2n) is 8.23. The largest absolute Gasteiger partial charge is 0.478 e. The van der Waals surface area contributed by atoms with E-state index in [9.17, 15) is 14.7 Å². The third-order valence-electron chi connectivity index (χ3n) is 5.55. The van der Waals surface area contributed by atoms with E-state index in [1.807, 2.05) is 26.0 Å². The van der Waals surface area contributed by atoms with Crippen molar-refractivity contribution in [1.82, 2.24) is 4.90 Å². The van der Waals surface area contributed by atoms with Crippen LogP contribution >= 0.6 is 0 Å². The number of carboxylic acid groups (broad SMARTS) is 1. The van der Waals surface area contributed by atoms with E-state index in [1.54, 1.807) is 17.0 Å². The van der Waals surface area contributed by atoms with Crippen LogP contribution in [-0.4, -0.2) is 59.0 Å². The van der Waals surface area contributed by atoms with Crippen molar-refractivity contribution in [3.63, 3.8) is 0 Å². The lowest BCUT2D eigenvalue weighted by atomic mass is 9.99. The molecular weight excluding hydrogens is 388 g/mol. The summed E-state index contributed by atoms with van der Waals surface area (Å²) in [5.74, 6) is -1.67. The molecule has 2 fully saturated rings. The molecule has 2 aliphatic rings. The zero-order chi connectivity index (χ0) is 21.7. The van der Waals surface area contributed by atoms with Gasteiger partial charge in [0, 0.05) is 24.4 Å². The molecule has 1 amide bonds. The Hall–Kier alpha value is -2.61. The summed E-state index contributed by atoms with van der Waals surface area (Å²) in [6.45, 7) is 4.38. The number of carboxylic acids is 1. The summed E-state index contributed by atoms with van der Waals surface area (Å²) >= 11 is 0. The summed E-state index contributed by atoms with van der Waals surface area (Å²) in [6.07, 6.45) is 2.78. The highest BCUT2D eigenvalue weighted by atomic mass is 16.8. The average molecular weight is 416 g/mol. The van der Waals surface area contributed by atoms with Crippen LogP contribution < -0.4 is 0 Å². The van der Waals surface area contributed by atoms with E-state index in [-0.39, 0.29) is 18.1 Å². The van der Waals surface area contributed by atoms with E-state index < -0.39 is 17.8 Å². The van der Waals surface area contributed by atoms with Gasteiger partial charge < -0.3 is 19.5 Å². The monoisotopic (exact) mass is 416 g/mol. The lowest BCUT2D eigenvalue weighted by Gasteiger charge is -2.36. The standard InChI is InChI=1S/C21H28N4O5/c1-21(2)29-17-13-25(12-16(23-24-22)19(17)30-21)18(26)11-5-3-4-8-14-9-6-7-10-15(14)20(27)28/h6-7,9-10,16-17,19H,3-5,8,11-13H2,1-2H3,(H,27,28)/t16-,17-,19+/m0/s1. The third-order valence-corrected chi connectivity index (χ3v) is 5.55. The Morgan fingerprint density at radius 1 is 1.23 bits per heavy atom. The predicted molar refractivity (Wildman–Crippen MR) is 109 cm³/mol. The number of carbonyl (C=O) groups is 2. The Morgan fingerprint density at radius 3 is 2.73 bits per heavy atom. The van der Waals surface area contributed by atoms with E-state index in [1.165, 1.54) is 0 Å². The molecule has 9 heteroatoms. The lowest BCUT2D eigenvalue weighted by Crippen LogP contribution is -2.54. The number of ether oxygens (including phenoxy) is 2. The van der Waals surface area contributed by atoms with E-state index >= 15 is 0 Å². The fourth-order valence-corrected chi connectivity index (χ4v) is 4.20. The van der Waals surface area contributed by atoms with Gasteiger partial charge in [-0.2, -0.15) is 0 Å². The maximum absolute atomic E-state index is 12.7. The predicted octanol–water partition coefficient (Wildman–Crippen LogP) is 3.53. The van der Waals surface area contributed by atoms with Gasteiger partial charge in [0.25, 0.3) is 0 Å². The number of carbonyl (C=O) groups excluding carboxylic acids is 1. The molecule has 0 unspecified atom stereocenters. The molecule has 3 atom stereocenters. The van der Waals surface area contributed by atoms with Crippen molar-refractivity contribution in [3.8, 4) is 0 Å². The van der Waals surface area contributed by atoms with Crippen LogP contribution in [0.25, 0.3) is 10.4 Å². The van der Waals surface area contributed by atoms with E-state index in [0.717, 1.165) is 18.4 Å². The van der Waals surface area contributed by atoms with Crippen LogP contribution in [0.4, 0.5) is 0 Å². The van der Waals surface area contributed by atoms with Crippen LogP contribution in [-0.2, 0) is 20.7 Å². The van der Waals surface area contributed by atoms with Gasteiger partial charge in [0.2, 0.25) is 5.91 Å². The number of hydrogen-bond acceptors (Lipinski definition) is 5. The molecule has 2 saturated heterocycles. The molecular formula is C21H28N4O5. The van der Waals surface area contributed by atoms with Crippen LogP contribution in [0.15, 0.2) is 29.4 Å². The minimum absolute atomic E-state index is 0.00540. The minimum atomic E-state index is -0.917. The minimum Gasteiger partial charge on any atom is -0.478 e. The first-order valence-electron chi connectivity index (χ1n) is 10.3. The van der Waals surface area contributed by atoms with Crippen molar-refractivity contribution < 1.29 is 24.2 Å². The van der Waals surface area contributed by atoms with Crippen molar-refractivity contribution >= 4 is 11.9 Å². The SMILES string of the molecule is CC1(C)O[C@@H]2[C@@H](N=[N+]=[N-])CN(C(=O)CCCCCc3ccccc3C(=O)O)C[C@@H]2O1. The zero-order valence-electron chi connectivity index (χ0n) is 17.4. The number of rotatable bonds is 8. The van der Waals surface area contributed by atoms with E-state index in [0.29, 0.717) is 37.9 Å². The highest BCUT2D eigenvalue weighted by Crippen LogP contribution is 2.34. The second-order valence-corrected chi connectivity index (χ2v) is 8.23. The summed E-state index contributed by atoms with van der Waals surface area (Å²) < 4.78 is 11.7. The first-order valence-corrected chi connectivity index (χ1v) is 10.3. The number of amides is 1. The molecule has 0 aromatic heterocycles. The molecule has 3 rings (SSSR count). The first-order chi connectivity index (χ1) is 14.3. The molecule has 0 radical (unpaired) electrons. The molecule has 0 saturated carbocycles. The Labute approximate surface area is 175 Å². The van der Waals surface area contributed by atoms with Crippen LogP contribution in [0.3, 0.4) is 0 Å². The number of aryl methyl sites for hydroxylation is 1. The first kappa shape index (κ1) is 22.1. The number of benzene rings is 1. The molecule has 2 heterocycles. The van der Waals surface area contributed by atoms with Crippen LogP contribution in [0.5, 0.6) is 0 Å². The molecule has 0 bridgehead atoms. The quantitative estimate of drug-likeness (QED) is 0.300. The van der Waals surface area contributed by atoms with Gasteiger partial charge in [0.1, 0.15) is 6.10 Å². The lowest BCUT2D eigenvalue weighted by molar-refractivity contribution is -0.147. The molecule has 162 valence electrons. The van der Waals surface area contributed by atoms with Gasteiger partial charge in [-0.3, -0.25) is 4.79 Å². The number of piperidine rings is 1. The fourth-order valence-electron chi connectivity index (χ4n) is 4.20. The van der Waals surface area contributed by atoms with Crippen LogP contribution in [0.2, 0.25) is 0 Å². The molecule has 1 N–H and O–H groups in total. The maximum atomic E-state index is 12.7. The van der Waals surface area contributed by atoms with Gasteiger partial charge in [0.15, 0.2) is 5.79 Å². The van der Waals surface area contributed by atoms with E-state index in [2.05, 4.69) is 10.0 Å². The number of unbranched alkanes of at least 4 members (excludes halogenated alkanes) is 2. The molecule has 1 aromatic rings. The number of likely N-dealkylation sites (tertiary alicyclic amines) is 1. The molecule has 2 aliphatic heterocycles. The number of nitrogens with zero attached hydrogens (tertiary/aromatic N) is 4. The van der Waals surface area contributed by atoms with Crippen molar-refractivity contribution in [3.05, 3.63) is 45.8 Å². The number of fused-ring (bicyclic) bond motifs is 1. The third kappa shape index (κ3) is 5.30. The average Bonchev–Trinajstić information content (AvgIpc) is 3.02. The van der Waals surface area contributed by atoms with Gasteiger partial charge in [-0.15, -0.1) is 0 Å². The van der Waals surface area contributed by atoms with Gasteiger partial charge in [-0.05, 0) is 50.3 Å². The number of aromatic carboxylic acids is 1. The summed E-state index contributed by atoms with van der Waals surface area (Å²) in [7, 11) is 0. The van der Waals surface area contributed by atoms with Gasteiger partial charge in [0.05, 0.1) is 17.7 Å². The zero-order valence-corrected chi connectivity index (χ0v) is 17.4. The smallest absolute Gasteiger partial charge is 0.335 e.